The average molecular weight is 403 g/mol. The Morgan fingerprint density at radius 2 is 1.66 bits per heavy atom. The molecule has 0 spiro atoms. The molecule has 11 heteroatoms. The normalized spacial score (nSPS) is 10.1. The van der Waals surface area contributed by atoms with Gasteiger partial charge in [-0.3, -0.25) is 25.0 Å². The first-order valence-electron chi connectivity index (χ1n) is 8.36. The second-order valence-electron chi connectivity index (χ2n) is 5.71. The van der Waals surface area contributed by atoms with E-state index in [-0.39, 0.29) is 5.56 Å². The van der Waals surface area contributed by atoms with E-state index in [9.17, 15) is 29.8 Å². The van der Waals surface area contributed by atoms with E-state index in [0.29, 0.717) is 18.0 Å². The number of hydrogen-bond acceptors (Lipinski definition) is 8. The Labute approximate surface area is 164 Å². The number of para-hydroxylation sites is 2. The molecule has 0 saturated carbocycles. The van der Waals surface area contributed by atoms with Crippen molar-refractivity contribution in [1.82, 2.24) is 0 Å². The molecule has 11 nitrogen and oxygen atoms in total. The molecular weight excluding hydrogens is 386 g/mol. The molecule has 0 atom stereocenters. The summed E-state index contributed by atoms with van der Waals surface area (Å²) < 4.78 is 10.2. The molecule has 2 aromatic carbocycles. The summed E-state index contributed by atoms with van der Waals surface area (Å²) in [5.74, 6) is -1.36. The number of esters is 1. The smallest absolute Gasteiger partial charge is 0.339 e. The molecule has 2 rings (SSSR count). The van der Waals surface area contributed by atoms with Crippen molar-refractivity contribution in [1.29, 1.82) is 0 Å². The molecule has 0 radical (unpaired) electrons. The molecule has 0 aromatic heterocycles. The van der Waals surface area contributed by atoms with Gasteiger partial charge in [0, 0.05) is 12.1 Å². The number of carbonyl (C=O) groups excluding carboxylic acids is 2. The Kier molecular flexibility index (Phi) is 6.80. The van der Waals surface area contributed by atoms with Gasteiger partial charge in [0.15, 0.2) is 6.61 Å². The minimum atomic E-state index is -1.11. The third kappa shape index (κ3) is 5.25. The van der Waals surface area contributed by atoms with Crippen molar-refractivity contribution in [3.05, 3.63) is 67.8 Å². The minimum absolute atomic E-state index is 0.193. The van der Waals surface area contributed by atoms with Crippen molar-refractivity contribution < 1.29 is 28.9 Å². The maximum atomic E-state index is 12.2. The topological polar surface area (TPSA) is 151 Å². The van der Waals surface area contributed by atoms with Gasteiger partial charge in [-0.15, -0.1) is 0 Å². The van der Waals surface area contributed by atoms with Crippen LogP contribution in [0.1, 0.15) is 22.8 Å². The maximum absolute atomic E-state index is 12.2. The fourth-order valence-corrected chi connectivity index (χ4v) is 2.43. The molecular formula is C18H17N3O8. The highest BCUT2D eigenvalue weighted by atomic mass is 16.6. The number of hydrogen-bond donors (Lipinski definition) is 1. The van der Waals surface area contributed by atoms with Crippen LogP contribution in [0.15, 0.2) is 36.4 Å². The molecule has 0 aliphatic heterocycles. The zero-order valence-electron chi connectivity index (χ0n) is 15.5. The van der Waals surface area contributed by atoms with E-state index >= 15 is 0 Å². The largest absolute Gasteiger partial charge is 0.492 e. The molecule has 29 heavy (non-hydrogen) atoms. The number of nitrogens with zero attached hydrogens (tertiary/aromatic N) is 2. The molecule has 0 fully saturated rings. The molecule has 2 aromatic rings. The zero-order valence-corrected chi connectivity index (χ0v) is 15.5. The van der Waals surface area contributed by atoms with E-state index in [1.807, 2.05) is 0 Å². The lowest BCUT2D eigenvalue weighted by Gasteiger charge is -2.11. The highest BCUT2D eigenvalue weighted by Gasteiger charge is 2.26. The fraction of sp³-hybridized carbons (Fsp3) is 0.222. The van der Waals surface area contributed by atoms with Gasteiger partial charge in [0.05, 0.1) is 27.7 Å². The number of nitrogens with one attached hydrogen (secondary N) is 1. The van der Waals surface area contributed by atoms with Gasteiger partial charge in [-0.1, -0.05) is 12.1 Å². The number of carbonyl (C=O) groups is 2. The molecule has 1 amide bonds. The fourth-order valence-electron chi connectivity index (χ4n) is 2.43. The van der Waals surface area contributed by atoms with Gasteiger partial charge in [-0.05, 0) is 26.0 Å². The second-order valence-corrected chi connectivity index (χ2v) is 5.71. The number of amides is 1. The van der Waals surface area contributed by atoms with Crippen LogP contribution in [0.3, 0.4) is 0 Å². The van der Waals surface area contributed by atoms with Crippen LogP contribution in [0.2, 0.25) is 0 Å². The van der Waals surface area contributed by atoms with Gasteiger partial charge in [-0.25, -0.2) is 4.79 Å². The first-order chi connectivity index (χ1) is 13.7. The summed E-state index contributed by atoms with van der Waals surface area (Å²) in [7, 11) is 0. The average Bonchev–Trinajstić information content (AvgIpc) is 2.67. The molecule has 152 valence electrons. The first kappa shape index (κ1) is 21.3. The van der Waals surface area contributed by atoms with Crippen molar-refractivity contribution in [3.63, 3.8) is 0 Å². The number of ether oxygens (including phenoxy) is 2. The van der Waals surface area contributed by atoms with Crippen LogP contribution in [0.4, 0.5) is 17.1 Å². The van der Waals surface area contributed by atoms with Gasteiger partial charge in [0.1, 0.15) is 11.3 Å². The lowest BCUT2D eigenvalue weighted by Crippen LogP contribution is -2.21. The third-order valence-corrected chi connectivity index (χ3v) is 3.78. The second kappa shape index (κ2) is 9.26. The van der Waals surface area contributed by atoms with E-state index in [4.69, 9.17) is 9.47 Å². The zero-order chi connectivity index (χ0) is 21.6. The molecule has 0 unspecified atom stereocenters. The Morgan fingerprint density at radius 1 is 1.07 bits per heavy atom. The van der Waals surface area contributed by atoms with Crippen LogP contribution in [-0.2, 0) is 9.53 Å². The van der Waals surface area contributed by atoms with Crippen LogP contribution in [0.5, 0.6) is 5.75 Å². The number of anilines is 1. The number of nitro groups is 2. The predicted octanol–water partition coefficient (Wildman–Crippen LogP) is 3.01. The molecule has 0 aliphatic carbocycles. The number of nitro benzene ring substituents is 2. The standard InChI is InChI=1S/C18H17N3O8/c1-3-28-16-7-5-4-6-13(16)19-17(22)10-29-18(23)12-8-14(20(24)25)11(2)15(9-12)21(26)27/h4-9H,3,10H2,1-2H3,(H,19,22). The summed E-state index contributed by atoms with van der Waals surface area (Å²) in [4.78, 5) is 44.7. The lowest BCUT2D eigenvalue weighted by molar-refractivity contribution is -0.395. The quantitative estimate of drug-likeness (QED) is 0.401. The van der Waals surface area contributed by atoms with Crippen molar-refractivity contribution in [2.24, 2.45) is 0 Å². The van der Waals surface area contributed by atoms with Crippen molar-refractivity contribution in [2.45, 2.75) is 13.8 Å². The highest BCUT2D eigenvalue weighted by Crippen LogP contribution is 2.29. The SMILES string of the molecule is CCOc1ccccc1NC(=O)COC(=O)c1cc([N+](=O)[O-])c(C)c([N+](=O)[O-])c1. The van der Waals surface area contributed by atoms with E-state index < -0.39 is 45.3 Å². The third-order valence-electron chi connectivity index (χ3n) is 3.78. The van der Waals surface area contributed by atoms with Crippen molar-refractivity contribution >= 4 is 28.9 Å². The maximum Gasteiger partial charge on any atom is 0.339 e. The van der Waals surface area contributed by atoms with Crippen LogP contribution in [-0.4, -0.2) is 34.9 Å². The van der Waals surface area contributed by atoms with Crippen LogP contribution in [0, 0.1) is 27.2 Å². The van der Waals surface area contributed by atoms with Crippen LogP contribution < -0.4 is 10.1 Å². The summed E-state index contributed by atoms with van der Waals surface area (Å²) in [6, 6.07) is 8.37. The van der Waals surface area contributed by atoms with Gasteiger partial charge in [-0.2, -0.15) is 0 Å². The van der Waals surface area contributed by atoms with E-state index in [1.165, 1.54) is 6.92 Å². The Balaban J connectivity index is 2.12. The Hall–Kier alpha value is -4.02. The van der Waals surface area contributed by atoms with E-state index in [0.717, 1.165) is 12.1 Å². The Bertz CT molecular complexity index is 938. The van der Waals surface area contributed by atoms with Crippen molar-refractivity contribution in [3.8, 4) is 5.75 Å². The predicted molar refractivity (Wildman–Crippen MR) is 101 cm³/mol. The molecule has 1 N–H and O–H groups in total. The van der Waals surface area contributed by atoms with Crippen LogP contribution in [0.25, 0.3) is 0 Å². The van der Waals surface area contributed by atoms with E-state index in [1.54, 1.807) is 31.2 Å². The summed E-state index contributed by atoms with van der Waals surface area (Å²) >= 11 is 0. The minimum Gasteiger partial charge on any atom is -0.492 e. The van der Waals surface area contributed by atoms with Crippen molar-refractivity contribution in [2.75, 3.05) is 18.5 Å². The Morgan fingerprint density at radius 3 is 2.21 bits per heavy atom. The summed E-state index contributed by atoms with van der Waals surface area (Å²) in [6.45, 7) is 2.66. The monoisotopic (exact) mass is 403 g/mol. The van der Waals surface area contributed by atoms with Gasteiger partial charge in [0.25, 0.3) is 17.3 Å². The van der Waals surface area contributed by atoms with E-state index in [2.05, 4.69) is 5.32 Å². The van der Waals surface area contributed by atoms with Gasteiger partial charge < -0.3 is 14.8 Å². The summed E-state index contributed by atoms with van der Waals surface area (Å²) in [5, 5.41) is 24.7. The molecule has 0 aliphatic rings. The molecule has 0 bridgehead atoms. The number of benzene rings is 2. The molecule has 0 heterocycles. The summed E-state index contributed by atoms with van der Waals surface area (Å²) in [5.41, 5.74) is -1.42. The molecule has 0 saturated heterocycles. The van der Waals surface area contributed by atoms with Gasteiger partial charge in [0.2, 0.25) is 0 Å². The lowest BCUT2D eigenvalue weighted by atomic mass is 10.1. The summed E-state index contributed by atoms with van der Waals surface area (Å²) in [6.07, 6.45) is 0. The first-order valence-corrected chi connectivity index (χ1v) is 8.36. The highest BCUT2D eigenvalue weighted by molar-refractivity contribution is 5.97. The van der Waals surface area contributed by atoms with Crippen LogP contribution >= 0.6 is 0 Å². The number of rotatable bonds is 8. The van der Waals surface area contributed by atoms with Gasteiger partial charge >= 0.3 is 5.97 Å².